The Morgan fingerprint density at radius 2 is 1.38 bits per heavy atom. The molecule has 0 radical (unpaired) electrons. The van der Waals surface area contributed by atoms with Crippen LogP contribution in [0.2, 0.25) is 0 Å². The van der Waals surface area contributed by atoms with Crippen LogP contribution in [0.5, 0.6) is 0 Å². The fraction of sp³-hybridized carbons (Fsp3) is 0.296. The largest absolute Gasteiger partial charge is 0.339 e. The second-order valence-electron chi connectivity index (χ2n) is 8.34. The molecule has 0 aromatic heterocycles. The lowest BCUT2D eigenvalue weighted by atomic mass is 10.0. The van der Waals surface area contributed by atoms with E-state index in [4.69, 9.17) is 0 Å². The molecule has 0 aliphatic carbocycles. The third-order valence-electron chi connectivity index (χ3n) is 5.98. The summed E-state index contributed by atoms with van der Waals surface area (Å²) in [6.07, 6.45) is 0.695. The fourth-order valence-electron chi connectivity index (χ4n) is 4.13. The topological polar surface area (TPSA) is 35.6 Å². The number of amides is 1. The Kier molecular flexibility index (Phi) is 8.10. The van der Waals surface area contributed by atoms with Gasteiger partial charge in [0.05, 0.1) is 6.04 Å². The summed E-state index contributed by atoms with van der Waals surface area (Å²) in [7, 11) is 0. The molecule has 1 aliphatic heterocycles. The Morgan fingerprint density at radius 1 is 0.781 bits per heavy atom. The minimum atomic E-state index is -0.235. The van der Waals surface area contributed by atoms with Crippen molar-refractivity contribution < 1.29 is 4.79 Å². The number of benzene rings is 3. The summed E-state index contributed by atoms with van der Waals surface area (Å²) in [4.78, 5) is 17.9. The predicted octanol–water partition coefficient (Wildman–Crippen LogP) is 4.49. The Bertz CT molecular complexity index is 971. The highest BCUT2D eigenvalue weighted by atomic mass is 79.9. The van der Waals surface area contributed by atoms with Gasteiger partial charge in [-0.1, -0.05) is 88.7 Å². The SMILES string of the molecule is O=C([C@H](Cc1ccccc1)NCc1ccc(Br)cc1)N1CCN(Cc2ccccc2)CC1. The Hall–Kier alpha value is -2.47. The summed E-state index contributed by atoms with van der Waals surface area (Å²) in [5.74, 6) is 0.199. The number of carbonyl (C=O) groups is 1. The zero-order chi connectivity index (χ0) is 22.2. The maximum Gasteiger partial charge on any atom is 0.240 e. The van der Waals surface area contributed by atoms with Gasteiger partial charge in [-0.3, -0.25) is 9.69 Å². The highest BCUT2D eigenvalue weighted by Crippen LogP contribution is 2.14. The summed E-state index contributed by atoms with van der Waals surface area (Å²) in [5, 5.41) is 3.53. The molecular weight excluding hydrogens is 462 g/mol. The van der Waals surface area contributed by atoms with E-state index >= 15 is 0 Å². The van der Waals surface area contributed by atoms with Crippen LogP contribution in [0, 0.1) is 0 Å². The molecule has 0 saturated carbocycles. The van der Waals surface area contributed by atoms with Crippen molar-refractivity contribution in [3.05, 3.63) is 106 Å². The van der Waals surface area contributed by atoms with Crippen molar-refractivity contribution in [3.63, 3.8) is 0 Å². The highest BCUT2D eigenvalue weighted by molar-refractivity contribution is 9.10. The maximum absolute atomic E-state index is 13.5. The van der Waals surface area contributed by atoms with Crippen molar-refractivity contribution in [3.8, 4) is 0 Å². The lowest BCUT2D eigenvalue weighted by molar-refractivity contribution is -0.135. The van der Waals surface area contributed by atoms with Crippen molar-refractivity contribution in [1.82, 2.24) is 15.1 Å². The third-order valence-corrected chi connectivity index (χ3v) is 6.51. The smallest absolute Gasteiger partial charge is 0.240 e. The first-order valence-corrected chi connectivity index (χ1v) is 12.0. The van der Waals surface area contributed by atoms with Crippen molar-refractivity contribution in [2.75, 3.05) is 26.2 Å². The summed E-state index contributed by atoms with van der Waals surface area (Å²) in [6, 6.07) is 28.8. The van der Waals surface area contributed by atoms with Crippen LogP contribution in [0.1, 0.15) is 16.7 Å². The molecule has 1 N–H and O–H groups in total. The van der Waals surface area contributed by atoms with Crippen LogP contribution in [0.3, 0.4) is 0 Å². The number of nitrogens with zero attached hydrogens (tertiary/aromatic N) is 2. The minimum Gasteiger partial charge on any atom is -0.339 e. The number of halogens is 1. The van der Waals surface area contributed by atoms with Gasteiger partial charge in [-0.05, 0) is 35.2 Å². The number of hydrogen-bond acceptors (Lipinski definition) is 3. The molecule has 3 aromatic carbocycles. The zero-order valence-electron chi connectivity index (χ0n) is 18.3. The first-order chi connectivity index (χ1) is 15.7. The maximum atomic E-state index is 13.5. The summed E-state index contributed by atoms with van der Waals surface area (Å²) in [6.45, 7) is 4.98. The first kappa shape index (κ1) is 22.7. The van der Waals surface area contributed by atoms with Gasteiger partial charge in [-0.25, -0.2) is 0 Å². The summed E-state index contributed by atoms with van der Waals surface area (Å²) >= 11 is 3.49. The van der Waals surface area contributed by atoms with Crippen molar-refractivity contribution >= 4 is 21.8 Å². The molecule has 32 heavy (non-hydrogen) atoms. The van der Waals surface area contributed by atoms with Gasteiger partial charge in [0, 0.05) is 43.7 Å². The van der Waals surface area contributed by atoms with Gasteiger partial charge in [0.25, 0.3) is 0 Å². The molecule has 166 valence electrons. The Morgan fingerprint density at radius 3 is 2.00 bits per heavy atom. The van der Waals surface area contributed by atoms with E-state index in [0.717, 1.165) is 37.2 Å². The Balaban J connectivity index is 1.37. The lowest BCUT2D eigenvalue weighted by Crippen LogP contribution is -2.54. The Labute approximate surface area is 199 Å². The molecule has 1 saturated heterocycles. The molecule has 3 aromatic rings. The van der Waals surface area contributed by atoms with Crippen molar-refractivity contribution in [1.29, 1.82) is 0 Å². The predicted molar refractivity (Wildman–Crippen MR) is 133 cm³/mol. The van der Waals surface area contributed by atoms with E-state index in [-0.39, 0.29) is 11.9 Å². The number of nitrogens with one attached hydrogen (secondary N) is 1. The van der Waals surface area contributed by atoms with Crippen LogP contribution in [-0.4, -0.2) is 47.9 Å². The molecule has 0 unspecified atom stereocenters. The molecule has 4 nitrogen and oxygen atoms in total. The van der Waals surface area contributed by atoms with Crippen LogP contribution in [0.15, 0.2) is 89.4 Å². The molecule has 5 heteroatoms. The second kappa shape index (κ2) is 11.4. The van der Waals surface area contributed by atoms with Gasteiger partial charge in [-0.2, -0.15) is 0 Å². The van der Waals surface area contributed by atoms with E-state index in [9.17, 15) is 4.79 Å². The average Bonchev–Trinajstić information content (AvgIpc) is 2.84. The van der Waals surface area contributed by atoms with Crippen molar-refractivity contribution in [2.45, 2.75) is 25.6 Å². The molecular formula is C27H30BrN3O. The zero-order valence-corrected chi connectivity index (χ0v) is 19.9. The molecule has 1 atom stereocenters. The molecule has 1 heterocycles. The number of hydrogen-bond donors (Lipinski definition) is 1. The fourth-order valence-corrected chi connectivity index (χ4v) is 4.39. The third kappa shape index (κ3) is 6.52. The van der Waals surface area contributed by atoms with Gasteiger partial charge >= 0.3 is 0 Å². The molecule has 0 spiro atoms. The van der Waals surface area contributed by atoms with Crippen LogP contribution >= 0.6 is 15.9 Å². The van der Waals surface area contributed by atoms with Crippen LogP contribution in [0.4, 0.5) is 0 Å². The van der Waals surface area contributed by atoms with Gasteiger partial charge in [0.2, 0.25) is 5.91 Å². The molecule has 1 amide bonds. The minimum absolute atomic E-state index is 0.199. The lowest BCUT2D eigenvalue weighted by Gasteiger charge is -2.36. The molecule has 0 bridgehead atoms. The van der Waals surface area contributed by atoms with Crippen LogP contribution in [-0.2, 0) is 24.3 Å². The molecule has 1 aliphatic rings. The molecule has 4 rings (SSSR count). The normalized spacial score (nSPS) is 15.5. The van der Waals surface area contributed by atoms with Crippen LogP contribution < -0.4 is 5.32 Å². The van der Waals surface area contributed by atoms with Gasteiger partial charge < -0.3 is 10.2 Å². The van der Waals surface area contributed by atoms with E-state index in [0.29, 0.717) is 13.0 Å². The van der Waals surface area contributed by atoms with Crippen LogP contribution in [0.25, 0.3) is 0 Å². The van der Waals surface area contributed by atoms with Gasteiger partial charge in [0.15, 0.2) is 0 Å². The van der Waals surface area contributed by atoms with Gasteiger partial charge in [-0.15, -0.1) is 0 Å². The van der Waals surface area contributed by atoms with Crippen molar-refractivity contribution in [2.24, 2.45) is 0 Å². The van der Waals surface area contributed by atoms with E-state index in [1.54, 1.807) is 0 Å². The first-order valence-electron chi connectivity index (χ1n) is 11.2. The van der Waals surface area contributed by atoms with E-state index in [2.05, 4.69) is 74.7 Å². The van der Waals surface area contributed by atoms with E-state index in [1.165, 1.54) is 16.7 Å². The number of piperazine rings is 1. The average molecular weight is 492 g/mol. The molecule has 1 fully saturated rings. The van der Waals surface area contributed by atoms with E-state index in [1.807, 2.05) is 41.3 Å². The summed E-state index contributed by atoms with van der Waals surface area (Å²) in [5.41, 5.74) is 3.68. The number of carbonyl (C=O) groups excluding carboxylic acids is 1. The summed E-state index contributed by atoms with van der Waals surface area (Å²) < 4.78 is 1.06. The van der Waals surface area contributed by atoms with E-state index < -0.39 is 0 Å². The number of rotatable bonds is 8. The second-order valence-corrected chi connectivity index (χ2v) is 9.25. The monoisotopic (exact) mass is 491 g/mol. The standard InChI is InChI=1S/C27H30BrN3O/c28-25-13-11-23(12-14-25)20-29-26(19-22-7-3-1-4-8-22)27(32)31-17-15-30(16-18-31)21-24-9-5-2-6-10-24/h1-14,26,29H,15-21H2/t26-/m0/s1. The highest BCUT2D eigenvalue weighted by Gasteiger charge is 2.27. The quantitative estimate of drug-likeness (QED) is 0.503. The van der Waals surface area contributed by atoms with Gasteiger partial charge in [0.1, 0.15) is 0 Å².